The first-order valence-electron chi connectivity index (χ1n) is 8.68. The van der Waals surface area contributed by atoms with E-state index in [-0.39, 0.29) is 24.2 Å². The van der Waals surface area contributed by atoms with Crippen LogP contribution in [0.15, 0.2) is 24.3 Å². The van der Waals surface area contributed by atoms with E-state index in [2.05, 4.69) is 6.08 Å². The van der Waals surface area contributed by atoms with E-state index in [9.17, 15) is 8.78 Å². The quantitative estimate of drug-likeness (QED) is 0.652. The average molecular weight is 322 g/mol. The Hall–Kier alpha value is -1.58. The molecule has 126 valence electrons. The third-order valence-corrected chi connectivity index (χ3v) is 4.75. The highest BCUT2D eigenvalue weighted by Crippen LogP contribution is 2.31. The van der Waals surface area contributed by atoms with E-state index in [1.54, 1.807) is 0 Å². The molecule has 1 aromatic rings. The smallest absolute Gasteiger partial charge is 0.204 e. The Morgan fingerprint density at radius 2 is 1.52 bits per heavy atom. The van der Waals surface area contributed by atoms with Crippen LogP contribution >= 0.6 is 0 Å². The van der Waals surface area contributed by atoms with Crippen molar-refractivity contribution in [2.75, 3.05) is 6.61 Å². The second kappa shape index (κ2) is 7.80. The number of benzene rings is 1. The predicted molar refractivity (Wildman–Crippen MR) is 85.8 cm³/mol. The summed E-state index contributed by atoms with van der Waals surface area (Å²) in [5.74, 6) is -1.37. The lowest BCUT2D eigenvalue weighted by Gasteiger charge is -2.15. The zero-order chi connectivity index (χ0) is 16.1. The van der Waals surface area contributed by atoms with Crippen LogP contribution in [0.1, 0.15) is 51.4 Å². The van der Waals surface area contributed by atoms with E-state index in [4.69, 9.17) is 9.47 Å². The van der Waals surface area contributed by atoms with E-state index < -0.39 is 11.6 Å². The minimum Gasteiger partial charge on any atom is -0.487 e. The summed E-state index contributed by atoms with van der Waals surface area (Å²) in [5.41, 5.74) is 0. The van der Waals surface area contributed by atoms with Crippen molar-refractivity contribution in [3.63, 3.8) is 0 Å². The van der Waals surface area contributed by atoms with Crippen molar-refractivity contribution in [2.45, 2.75) is 57.5 Å². The van der Waals surface area contributed by atoms with Gasteiger partial charge in [-0.25, -0.2) is 0 Å². The minimum absolute atomic E-state index is 0.00464. The van der Waals surface area contributed by atoms with Crippen LogP contribution in [0.5, 0.6) is 11.5 Å². The molecule has 0 heterocycles. The lowest BCUT2D eigenvalue weighted by molar-refractivity contribution is 0.197. The van der Waals surface area contributed by atoms with E-state index in [1.807, 2.05) is 6.08 Å². The van der Waals surface area contributed by atoms with Gasteiger partial charge in [-0.05, 0) is 56.6 Å². The number of hydrogen-bond acceptors (Lipinski definition) is 2. The van der Waals surface area contributed by atoms with Gasteiger partial charge in [0.2, 0.25) is 11.6 Å². The summed E-state index contributed by atoms with van der Waals surface area (Å²) in [6.45, 7) is 0.260. The zero-order valence-corrected chi connectivity index (χ0v) is 13.4. The Morgan fingerprint density at radius 3 is 2.26 bits per heavy atom. The molecular weight excluding hydrogens is 298 g/mol. The number of rotatable bonds is 6. The van der Waals surface area contributed by atoms with E-state index in [0.717, 1.165) is 25.7 Å². The highest BCUT2D eigenvalue weighted by atomic mass is 19.2. The van der Waals surface area contributed by atoms with Crippen molar-refractivity contribution < 1.29 is 18.3 Å². The highest BCUT2D eigenvalue weighted by molar-refractivity contribution is 5.35. The van der Waals surface area contributed by atoms with Crippen LogP contribution in [0.4, 0.5) is 8.78 Å². The Morgan fingerprint density at radius 1 is 0.913 bits per heavy atom. The molecule has 0 unspecified atom stereocenters. The van der Waals surface area contributed by atoms with Crippen LogP contribution in [-0.4, -0.2) is 12.7 Å². The number of halogens is 2. The number of ether oxygens (including phenoxy) is 2. The second-order valence-electron chi connectivity index (χ2n) is 6.50. The summed E-state index contributed by atoms with van der Waals surface area (Å²) in [6.07, 6.45) is 13.0. The maximum absolute atomic E-state index is 14.1. The molecule has 2 aliphatic rings. The van der Waals surface area contributed by atoms with Crippen LogP contribution in [0.25, 0.3) is 0 Å². The van der Waals surface area contributed by atoms with Crippen LogP contribution < -0.4 is 9.47 Å². The molecule has 2 nitrogen and oxygen atoms in total. The molecule has 0 saturated heterocycles. The van der Waals surface area contributed by atoms with Crippen molar-refractivity contribution in [3.05, 3.63) is 35.9 Å². The third kappa shape index (κ3) is 4.24. The molecular formula is C19H24F2O2. The predicted octanol–water partition coefficient (Wildman–Crippen LogP) is 5.41. The molecule has 1 aromatic carbocycles. The summed E-state index contributed by atoms with van der Waals surface area (Å²) in [6, 6.07) is 2.92. The van der Waals surface area contributed by atoms with E-state index in [0.29, 0.717) is 5.92 Å². The molecule has 0 atom stereocenters. The lowest BCUT2D eigenvalue weighted by Crippen LogP contribution is -2.12. The fourth-order valence-corrected chi connectivity index (χ4v) is 3.44. The Kier molecular flexibility index (Phi) is 5.52. The molecule has 2 fully saturated rings. The fourth-order valence-electron chi connectivity index (χ4n) is 3.44. The molecule has 0 amide bonds. The van der Waals surface area contributed by atoms with E-state index in [1.165, 1.54) is 37.8 Å². The van der Waals surface area contributed by atoms with Gasteiger partial charge in [0, 0.05) is 0 Å². The van der Waals surface area contributed by atoms with Crippen molar-refractivity contribution >= 4 is 0 Å². The first-order chi connectivity index (χ1) is 11.2. The number of allylic oxidation sites excluding steroid dienone is 1. The normalized spacial score (nSPS) is 19.7. The average Bonchev–Trinajstić information content (AvgIpc) is 3.24. The van der Waals surface area contributed by atoms with Gasteiger partial charge in [-0.3, -0.25) is 0 Å². The monoisotopic (exact) mass is 322 g/mol. The van der Waals surface area contributed by atoms with E-state index >= 15 is 0 Å². The summed E-state index contributed by atoms with van der Waals surface area (Å²) >= 11 is 0. The largest absolute Gasteiger partial charge is 0.487 e. The van der Waals surface area contributed by atoms with Crippen molar-refractivity contribution in [3.8, 4) is 11.5 Å². The second-order valence-corrected chi connectivity index (χ2v) is 6.50. The summed E-state index contributed by atoms with van der Waals surface area (Å²) in [7, 11) is 0. The van der Waals surface area contributed by atoms with Crippen LogP contribution in [-0.2, 0) is 0 Å². The molecule has 2 aliphatic carbocycles. The van der Waals surface area contributed by atoms with Gasteiger partial charge in [0.15, 0.2) is 11.5 Å². The van der Waals surface area contributed by atoms with Gasteiger partial charge < -0.3 is 9.47 Å². The maximum Gasteiger partial charge on any atom is 0.204 e. The first kappa shape index (κ1) is 16.3. The highest BCUT2D eigenvalue weighted by Gasteiger charge is 2.21. The van der Waals surface area contributed by atoms with Gasteiger partial charge in [0.1, 0.15) is 6.61 Å². The maximum atomic E-state index is 14.1. The zero-order valence-electron chi connectivity index (χ0n) is 13.4. The van der Waals surface area contributed by atoms with Crippen LogP contribution in [0.3, 0.4) is 0 Å². The topological polar surface area (TPSA) is 18.5 Å². The molecule has 2 saturated carbocycles. The Labute approximate surface area is 136 Å². The molecule has 0 N–H and O–H groups in total. The lowest BCUT2D eigenvalue weighted by atomic mass is 10.1. The van der Waals surface area contributed by atoms with Crippen LogP contribution in [0.2, 0.25) is 0 Å². The molecule has 0 bridgehead atoms. The molecule has 3 rings (SSSR count). The molecule has 0 aromatic heterocycles. The van der Waals surface area contributed by atoms with Gasteiger partial charge in [0.05, 0.1) is 6.10 Å². The molecule has 0 aliphatic heterocycles. The van der Waals surface area contributed by atoms with Gasteiger partial charge in [-0.2, -0.15) is 8.78 Å². The summed E-state index contributed by atoms with van der Waals surface area (Å²) < 4.78 is 39.0. The molecule has 0 radical (unpaired) electrons. The minimum atomic E-state index is -0.963. The van der Waals surface area contributed by atoms with Crippen LogP contribution in [0, 0.1) is 17.6 Å². The van der Waals surface area contributed by atoms with Crippen molar-refractivity contribution in [1.82, 2.24) is 0 Å². The van der Waals surface area contributed by atoms with Gasteiger partial charge >= 0.3 is 0 Å². The van der Waals surface area contributed by atoms with Crippen molar-refractivity contribution in [1.29, 1.82) is 0 Å². The molecule has 4 heteroatoms. The van der Waals surface area contributed by atoms with Gasteiger partial charge in [-0.15, -0.1) is 0 Å². The molecule has 23 heavy (non-hydrogen) atoms. The summed E-state index contributed by atoms with van der Waals surface area (Å²) in [5, 5.41) is 0. The summed E-state index contributed by atoms with van der Waals surface area (Å²) in [4.78, 5) is 0. The van der Waals surface area contributed by atoms with Gasteiger partial charge in [0.25, 0.3) is 0 Å². The Balaban J connectivity index is 1.55. The number of hydrogen-bond donors (Lipinski definition) is 0. The first-order valence-corrected chi connectivity index (χ1v) is 8.68. The van der Waals surface area contributed by atoms with Gasteiger partial charge in [-0.1, -0.05) is 25.0 Å². The SMILES string of the molecule is Fc1c(OC/C=C/C2CCCC2)ccc(OC2CCCC2)c1F. The third-order valence-electron chi connectivity index (χ3n) is 4.75. The molecule has 0 spiro atoms. The standard InChI is InChI=1S/C19H24F2O2/c20-18-16(22-13-5-8-14-6-1-2-7-14)11-12-17(19(18)21)23-15-9-3-4-10-15/h5,8,11-12,14-15H,1-4,6-7,9-10,13H2/b8-5+. The van der Waals surface area contributed by atoms with Crippen molar-refractivity contribution in [2.24, 2.45) is 5.92 Å². The fraction of sp³-hybridized carbons (Fsp3) is 0.579. The Bertz CT molecular complexity index is 545.